The van der Waals surface area contributed by atoms with E-state index in [4.69, 9.17) is 19.7 Å². The lowest BCUT2D eigenvalue weighted by molar-refractivity contribution is -0.0123. The first-order valence-corrected chi connectivity index (χ1v) is 14.4. The molecule has 3 aliphatic heterocycles. The molecule has 16 heteroatoms. The molecule has 2 fully saturated rings. The lowest BCUT2D eigenvalue weighted by atomic mass is 9.90. The number of β-amino-alcohol motifs (C(OH)–C–C–N with tert-alkyl or cyclic N) is 1. The molecule has 0 bridgehead atoms. The molecular weight excluding hydrogens is 561 g/mol. The maximum atomic E-state index is 14.1. The van der Waals surface area contributed by atoms with Crippen molar-refractivity contribution in [1.29, 1.82) is 5.26 Å². The van der Waals surface area contributed by atoms with E-state index in [1.54, 1.807) is 16.4 Å². The minimum atomic E-state index is -1.14. The SMILES string of the molecule is C[C@H](Oc1nc(-c2noc([C@@]3(C)CCCc4nc(N)c(C#N)n43)n2)nc(N2CCOC[C@](C)(O)C2)n1)[C@@H]1C[C@@H](F)CN1C. The molecule has 43 heavy (non-hydrogen) atoms. The Hall–Kier alpha value is -3.94. The summed E-state index contributed by atoms with van der Waals surface area (Å²) in [6.45, 7) is 6.91. The third-order valence-electron chi connectivity index (χ3n) is 8.44. The summed E-state index contributed by atoms with van der Waals surface area (Å²) >= 11 is 0. The molecule has 3 aromatic heterocycles. The lowest BCUT2D eigenvalue weighted by Crippen LogP contribution is -2.42. The number of nitrogens with zero attached hydrogens (tertiary/aromatic N) is 10. The number of likely N-dealkylation sites (tertiary alicyclic amines) is 1. The fourth-order valence-electron chi connectivity index (χ4n) is 6.30. The molecule has 3 N–H and O–H groups in total. The summed E-state index contributed by atoms with van der Waals surface area (Å²) in [7, 11) is 1.86. The van der Waals surface area contributed by atoms with Crippen molar-refractivity contribution in [3.63, 3.8) is 0 Å². The second kappa shape index (κ2) is 11.0. The van der Waals surface area contributed by atoms with E-state index in [0.29, 0.717) is 44.8 Å². The quantitative estimate of drug-likeness (QED) is 0.410. The fourth-order valence-corrected chi connectivity index (χ4v) is 6.30. The highest BCUT2D eigenvalue weighted by molar-refractivity contribution is 5.49. The van der Waals surface area contributed by atoms with Crippen LogP contribution in [0.25, 0.3) is 11.6 Å². The van der Waals surface area contributed by atoms with Crippen LogP contribution in [0.5, 0.6) is 6.01 Å². The molecular formula is C27H36FN11O4. The third kappa shape index (κ3) is 5.48. The number of aryl methyl sites for hydroxylation is 1. The first-order chi connectivity index (χ1) is 20.5. The van der Waals surface area contributed by atoms with Crippen LogP contribution in [-0.4, -0.2) is 108 Å². The van der Waals surface area contributed by atoms with Gasteiger partial charge in [-0.25, -0.2) is 9.37 Å². The van der Waals surface area contributed by atoms with Crippen LogP contribution in [0.3, 0.4) is 0 Å². The minimum Gasteiger partial charge on any atom is -0.459 e. The summed E-state index contributed by atoms with van der Waals surface area (Å²) in [5.41, 5.74) is 4.28. The highest BCUT2D eigenvalue weighted by Crippen LogP contribution is 2.39. The van der Waals surface area contributed by atoms with Crippen LogP contribution < -0.4 is 15.4 Å². The summed E-state index contributed by atoms with van der Waals surface area (Å²) in [5.74, 6) is 1.52. The summed E-state index contributed by atoms with van der Waals surface area (Å²) in [4.78, 5) is 26.5. The third-order valence-corrected chi connectivity index (χ3v) is 8.44. The number of ether oxygens (including phenoxy) is 2. The molecule has 0 aliphatic carbocycles. The number of fused-ring (bicyclic) bond motifs is 1. The Kier molecular flexibility index (Phi) is 7.43. The molecule has 0 saturated carbocycles. The van der Waals surface area contributed by atoms with Gasteiger partial charge in [0.2, 0.25) is 17.6 Å². The molecule has 230 valence electrons. The van der Waals surface area contributed by atoms with Gasteiger partial charge in [0.25, 0.3) is 5.89 Å². The Morgan fingerprint density at radius 1 is 1.21 bits per heavy atom. The molecule has 15 nitrogen and oxygen atoms in total. The van der Waals surface area contributed by atoms with Crippen LogP contribution in [0, 0.1) is 11.3 Å². The van der Waals surface area contributed by atoms with Gasteiger partial charge >= 0.3 is 6.01 Å². The van der Waals surface area contributed by atoms with Gasteiger partial charge in [0.15, 0.2) is 11.5 Å². The van der Waals surface area contributed by atoms with E-state index in [1.165, 1.54) is 0 Å². The lowest BCUT2D eigenvalue weighted by Gasteiger charge is -2.33. The Morgan fingerprint density at radius 3 is 2.77 bits per heavy atom. The summed E-state index contributed by atoms with van der Waals surface area (Å²) < 4.78 is 33.4. The van der Waals surface area contributed by atoms with Crippen LogP contribution in [0.2, 0.25) is 0 Å². The van der Waals surface area contributed by atoms with Crippen LogP contribution in [-0.2, 0) is 16.7 Å². The van der Waals surface area contributed by atoms with Gasteiger partial charge < -0.3 is 34.3 Å². The second-order valence-corrected chi connectivity index (χ2v) is 12.1. The van der Waals surface area contributed by atoms with Crippen molar-refractivity contribution < 1.29 is 23.5 Å². The van der Waals surface area contributed by atoms with Crippen LogP contribution in [0.1, 0.15) is 57.4 Å². The molecule has 6 rings (SSSR count). The molecule has 3 aliphatic rings. The van der Waals surface area contributed by atoms with Gasteiger partial charge in [-0.3, -0.25) is 4.90 Å². The number of likely N-dealkylation sites (N-methyl/N-ethyl adjacent to an activating group) is 1. The summed E-state index contributed by atoms with van der Waals surface area (Å²) in [6, 6.07) is 2.00. The zero-order valence-corrected chi connectivity index (χ0v) is 24.7. The maximum absolute atomic E-state index is 14.1. The number of anilines is 2. The summed E-state index contributed by atoms with van der Waals surface area (Å²) in [6.07, 6.45) is 1.05. The Bertz CT molecular complexity index is 1540. The minimum absolute atomic E-state index is 0.0136. The van der Waals surface area contributed by atoms with Crippen molar-refractivity contribution >= 4 is 11.8 Å². The molecule has 3 aromatic rings. The zero-order valence-electron chi connectivity index (χ0n) is 24.7. The number of halogens is 1. The van der Waals surface area contributed by atoms with E-state index < -0.39 is 23.4 Å². The molecule has 0 unspecified atom stereocenters. The number of nitriles is 1. The van der Waals surface area contributed by atoms with Crippen molar-refractivity contribution in [2.45, 2.75) is 75.9 Å². The molecule has 2 saturated heterocycles. The number of imidazole rings is 1. The highest BCUT2D eigenvalue weighted by Gasteiger charge is 2.42. The average Bonchev–Trinajstić information content (AvgIpc) is 3.64. The Balaban J connectivity index is 1.38. The van der Waals surface area contributed by atoms with Crippen molar-refractivity contribution in [2.24, 2.45) is 0 Å². The standard InChI is InChI=1S/C27H36FN11O4/c1-15(17-10-16(28)12-37(17)4)42-25-34-21(33-24(35-25)38-8-9-41-14-26(2,40)13-38)22-32-23(43-36-22)27(3)7-5-6-19-31-20(30)18(11-29)39(19)27/h15-17,40H,5-10,12-14,30H2,1-4H3/t15-,16+,17-,26+,27+/m0/s1. The van der Waals surface area contributed by atoms with E-state index in [1.807, 2.05) is 25.8 Å². The molecule has 6 heterocycles. The van der Waals surface area contributed by atoms with Gasteiger partial charge in [0, 0.05) is 25.6 Å². The van der Waals surface area contributed by atoms with E-state index in [9.17, 15) is 14.8 Å². The number of alkyl halides is 1. The van der Waals surface area contributed by atoms with Gasteiger partial charge in [-0.05, 0) is 47.1 Å². The number of rotatable bonds is 6. The van der Waals surface area contributed by atoms with E-state index in [-0.39, 0.29) is 60.2 Å². The molecule has 0 amide bonds. The van der Waals surface area contributed by atoms with Crippen LogP contribution >= 0.6 is 0 Å². The topological polar surface area (TPSA) is 190 Å². The van der Waals surface area contributed by atoms with E-state index in [0.717, 1.165) is 6.42 Å². The van der Waals surface area contributed by atoms with Gasteiger partial charge in [-0.15, -0.1) is 0 Å². The Labute approximate surface area is 247 Å². The monoisotopic (exact) mass is 597 g/mol. The number of aliphatic hydroxyl groups is 1. The van der Waals surface area contributed by atoms with Gasteiger partial charge in [-0.1, -0.05) is 5.16 Å². The Morgan fingerprint density at radius 2 is 2.02 bits per heavy atom. The van der Waals surface area contributed by atoms with Crippen LogP contribution in [0.4, 0.5) is 16.2 Å². The summed E-state index contributed by atoms with van der Waals surface area (Å²) in [5, 5.41) is 24.8. The van der Waals surface area contributed by atoms with Crippen molar-refractivity contribution in [3.05, 3.63) is 17.4 Å². The predicted octanol–water partition coefficient (Wildman–Crippen LogP) is 1.07. The molecule has 0 spiro atoms. The van der Waals surface area contributed by atoms with Crippen LogP contribution in [0.15, 0.2) is 4.52 Å². The van der Waals surface area contributed by atoms with E-state index in [2.05, 4.69) is 36.1 Å². The fraction of sp³-hybridized carbons (Fsp3) is 0.667. The molecule has 0 radical (unpaired) electrons. The van der Waals surface area contributed by atoms with Gasteiger partial charge in [0.05, 0.1) is 19.8 Å². The average molecular weight is 598 g/mol. The normalized spacial score (nSPS) is 28.7. The van der Waals surface area contributed by atoms with Gasteiger partial charge in [-0.2, -0.15) is 25.2 Å². The van der Waals surface area contributed by atoms with Crippen molar-refractivity contribution in [2.75, 3.05) is 50.5 Å². The van der Waals surface area contributed by atoms with E-state index >= 15 is 0 Å². The zero-order chi connectivity index (χ0) is 30.5. The van der Waals surface area contributed by atoms with Gasteiger partial charge in [0.1, 0.15) is 35.3 Å². The number of hydrogen-bond acceptors (Lipinski definition) is 14. The number of nitrogens with two attached hydrogens (primary N) is 1. The number of aromatic nitrogens is 7. The predicted molar refractivity (Wildman–Crippen MR) is 150 cm³/mol. The first-order valence-electron chi connectivity index (χ1n) is 14.4. The molecule has 0 aromatic carbocycles. The molecule has 5 atom stereocenters. The van der Waals surface area contributed by atoms with Crippen molar-refractivity contribution in [1.82, 2.24) is 39.5 Å². The first kappa shape index (κ1) is 29.1. The maximum Gasteiger partial charge on any atom is 0.322 e. The second-order valence-electron chi connectivity index (χ2n) is 12.1. The largest absolute Gasteiger partial charge is 0.459 e. The number of nitrogen functional groups attached to an aromatic ring is 1. The smallest absolute Gasteiger partial charge is 0.322 e. The number of hydrogen-bond donors (Lipinski definition) is 2. The highest BCUT2D eigenvalue weighted by atomic mass is 19.1. The van der Waals surface area contributed by atoms with Crippen molar-refractivity contribution in [3.8, 4) is 23.7 Å².